The van der Waals surface area contributed by atoms with E-state index in [4.69, 9.17) is 0 Å². The van der Waals surface area contributed by atoms with Crippen molar-refractivity contribution >= 4 is 0 Å². The molecule has 18 heavy (non-hydrogen) atoms. The molecule has 1 atom stereocenters. The first-order valence-corrected chi connectivity index (χ1v) is 7.90. The zero-order valence-corrected chi connectivity index (χ0v) is 13.2. The second-order valence-corrected chi connectivity index (χ2v) is 7.06. The van der Waals surface area contributed by atoms with Gasteiger partial charge in [0.05, 0.1) is 0 Å². The van der Waals surface area contributed by atoms with Crippen LogP contribution >= 0.6 is 0 Å². The molecule has 0 amide bonds. The lowest BCUT2D eigenvalue weighted by molar-refractivity contribution is 0.151. The Balaban J connectivity index is 2.43. The molecule has 0 bridgehead atoms. The highest BCUT2D eigenvalue weighted by molar-refractivity contribution is 4.77. The van der Waals surface area contributed by atoms with E-state index in [-0.39, 0.29) is 0 Å². The van der Waals surface area contributed by atoms with Crippen molar-refractivity contribution in [1.29, 1.82) is 0 Å². The smallest absolute Gasteiger partial charge is 0.00972 e. The molecule has 0 aromatic carbocycles. The fourth-order valence-corrected chi connectivity index (χ4v) is 3.18. The first-order chi connectivity index (χ1) is 8.49. The molecule has 0 aliphatic carbocycles. The number of nitrogens with one attached hydrogen (secondary N) is 1. The van der Waals surface area contributed by atoms with E-state index in [0.717, 1.165) is 23.8 Å². The summed E-state index contributed by atoms with van der Waals surface area (Å²) in [5.41, 5.74) is 0. The van der Waals surface area contributed by atoms with Gasteiger partial charge in [0.2, 0.25) is 0 Å². The zero-order chi connectivity index (χ0) is 13.5. The van der Waals surface area contributed by atoms with E-state index >= 15 is 0 Å². The fraction of sp³-hybridized carbons (Fsp3) is 1.00. The number of nitrogens with zero attached hydrogens (tertiary/aromatic N) is 1. The van der Waals surface area contributed by atoms with Crippen molar-refractivity contribution in [3.05, 3.63) is 0 Å². The first-order valence-electron chi connectivity index (χ1n) is 7.90. The number of piperidine rings is 1. The minimum atomic E-state index is 0.770. The number of hydrogen-bond acceptors (Lipinski definition) is 2. The Labute approximate surface area is 115 Å². The maximum Gasteiger partial charge on any atom is 0.00972 e. The van der Waals surface area contributed by atoms with Crippen LogP contribution in [0.25, 0.3) is 0 Å². The zero-order valence-electron chi connectivity index (χ0n) is 13.2. The molecule has 1 fully saturated rings. The van der Waals surface area contributed by atoms with Gasteiger partial charge in [-0.05, 0) is 63.6 Å². The minimum absolute atomic E-state index is 0.770. The van der Waals surface area contributed by atoms with Gasteiger partial charge in [-0.15, -0.1) is 0 Å². The van der Waals surface area contributed by atoms with Crippen LogP contribution in [-0.4, -0.2) is 37.6 Å². The second-order valence-electron chi connectivity index (χ2n) is 7.06. The lowest BCUT2D eigenvalue weighted by atomic mass is 9.92. The molecule has 108 valence electrons. The third kappa shape index (κ3) is 6.19. The Kier molecular flexibility index (Phi) is 7.25. The summed E-state index contributed by atoms with van der Waals surface area (Å²) in [6.45, 7) is 13.1. The Bertz CT molecular complexity index is 197. The van der Waals surface area contributed by atoms with E-state index in [9.17, 15) is 0 Å². The summed E-state index contributed by atoms with van der Waals surface area (Å²) in [7, 11) is 2.34. The standard InChI is InChI=1S/C16H34N2/c1-13(2)9-16(10-14(3)4)18(5)12-15-7-6-8-17-11-15/h13-17H,6-12H2,1-5H3. The van der Waals surface area contributed by atoms with E-state index in [0.29, 0.717) is 0 Å². The molecule has 1 unspecified atom stereocenters. The van der Waals surface area contributed by atoms with E-state index in [2.05, 4.69) is 45.0 Å². The molecule has 1 aliphatic rings. The van der Waals surface area contributed by atoms with Crippen LogP contribution in [0.2, 0.25) is 0 Å². The van der Waals surface area contributed by atoms with Gasteiger partial charge in [-0.3, -0.25) is 0 Å². The number of hydrogen-bond donors (Lipinski definition) is 1. The van der Waals surface area contributed by atoms with Crippen LogP contribution < -0.4 is 5.32 Å². The Morgan fingerprint density at radius 3 is 2.17 bits per heavy atom. The Hall–Kier alpha value is -0.0800. The lowest BCUT2D eigenvalue weighted by Crippen LogP contribution is -2.42. The van der Waals surface area contributed by atoms with Crippen LogP contribution in [0.5, 0.6) is 0 Å². The summed E-state index contributed by atoms with van der Waals surface area (Å²) >= 11 is 0. The highest BCUT2D eigenvalue weighted by atomic mass is 15.1. The summed E-state index contributed by atoms with van der Waals surface area (Å²) in [5.74, 6) is 2.48. The molecule has 1 saturated heterocycles. The molecule has 0 aromatic heterocycles. The van der Waals surface area contributed by atoms with Crippen LogP contribution in [-0.2, 0) is 0 Å². The van der Waals surface area contributed by atoms with Crippen molar-refractivity contribution in [2.45, 2.75) is 59.4 Å². The molecule has 0 saturated carbocycles. The van der Waals surface area contributed by atoms with E-state index in [1.54, 1.807) is 0 Å². The maximum atomic E-state index is 3.53. The molecule has 1 heterocycles. The van der Waals surface area contributed by atoms with Crippen LogP contribution in [0, 0.1) is 17.8 Å². The van der Waals surface area contributed by atoms with Gasteiger partial charge in [0, 0.05) is 12.6 Å². The predicted octanol–water partition coefficient (Wildman–Crippen LogP) is 3.38. The predicted molar refractivity (Wildman–Crippen MR) is 80.9 cm³/mol. The Morgan fingerprint density at radius 2 is 1.72 bits per heavy atom. The Morgan fingerprint density at radius 1 is 1.11 bits per heavy atom. The third-order valence-electron chi connectivity index (χ3n) is 4.06. The second kappa shape index (κ2) is 8.16. The van der Waals surface area contributed by atoms with Crippen LogP contribution in [0.4, 0.5) is 0 Å². The van der Waals surface area contributed by atoms with Crippen LogP contribution in [0.15, 0.2) is 0 Å². The number of rotatable bonds is 7. The molecular weight excluding hydrogens is 220 g/mol. The third-order valence-corrected chi connectivity index (χ3v) is 4.06. The minimum Gasteiger partial charge on any atom is -0.316 e. The van der Waals surface area contributed by atoms with Gasteiger partial charge in [-0.1, -0.05) is 27.7 Å². The highest BCUT2D eigenvalue weighted by Gasteiger charge is 2.21. The molecule has 0 spiro atoms. The van der Waals surface area contributed by atoms with Crippen molar-refractivity contribution in [1.82, 2.24) is 10.2 Å². The quantitative estimate of drug-likeness (QED) is 0.749. The average molecular weight is 254 g/mol. The lowest BCUT2D eigenvalue weighted by Gasteiger charge is -2.35. The van der Waals surface area contributed by atoms with Gasteiger partial charge in [0.25, 0.3) is 0 Å². The van der Waals surface area contributed by atoms with Gasteiger partial charge in [-0.25, -0.2) is 0 Å². The SMILES string of the molecule is CC(C)CC(CC(C)C)N(C)CC1CCCNC1. The molecule has 1 rings (SSSR count). The van der Waals surface area contributed by atoms with Crippen LogP contribution in [0.3, 0.4) is 0 Å². The molecule has 1 N–H and O–H groups in total. The van der Waals surface area contributed by atoms with Crippen LogP contribution in [0.1, 0.15) is 53.4 Å². The molecular formula is C16H34N2. The van der Waals surface area contributed by atoms with Crippen molar-refractivity contribution in [3.63, 3.8) is 0 Å². The van der Waals surface area contributed by atoms with E-state index < -0.39 is 0 Å². The topological polar surface area (TPSA) is 15.3 Å². The largest absolute Gasteiger partial charge is 0.316 e. The highest BCUT2D eigenvalue weighted by Crippen LogP contribution is 2.20. The van der Waals surface area contributed by atoms with Gasteiger partial charge < -0.3 is 10.2 Å². The summed E-state index contributed by atoms with van der Waals surface area (Å²) in [6, 6.07) is 0.770. The molecule has 2 nitrogen and oxygen atoms in total. The van der Waals surface area contributed by atoms with Crippen molar-refractivity contribution < 1.29 is 0 Å². The summed E-state index contributed by atoms with van der Waals surface area (Å²) in [5, 5.41) is 3.53. The average Bonchev–Trinajstić information content (AvgIpc) is 2.28. The van der Waals surface area contributed by atoms with E-state index in [1.807, 2.05) is 0 Å². The van der Waals surface area contributed by atoms with Gasteiger partial charge >= 0.3 is 0 Å². The van der Waals surface area contributed by atoms with E-state index in [1.165, 1.54) is 45.3 Å². The van der Waals surface area contributed by atoms with Gasteiger partial charge in [0.15, 0.2) is 0 Å². The molecule has 1 aliphatic heterocycles. The summed E-state index contributed by atoms with van der Waals surface area (Å²) < 4.78 is 0. The normalized spacial score (nSPS) is 21.5. The van der Waals surface area contributed by atoms with Gasteiger partial charge in [0.1, 0.15) is 0 Å². The molecule has 0 aromatic rings. The fourth-order valence-electron chi connectivity index (χ4n) is 3.18. The molecule has 0 radical (unpaired) electrons. The van der Waals surface area contributed by atoms with Crippen molar-refractivity contribution in [2.75, 3.05) is 26.7 Å². The first kappa shape index (κ1) is 16.0. The summed E-state index contributed by atoms with van der Waals surface area (Å²) in [6.07, 6.45) is 5.45. The molecule has 2 heteroatoms. The monoisotopic (exact) mass is 254 g/mol. The maximum absolute atomic E-state index is 3.53. The van der Waals surface area contributed by atoms with Crippen molar-refractivity contribution in [3.8, 4) is 0 Å². The summed E-state index contributed by atoms with van der Waals surface area (Å²) in [4.78, 5) is 2.64. The van der Waals surface area contributed by atoms with Crippen molar-refractivity contribution in [2.24, 2.45) is 17.8 Å². The van der Waals surface area contributed by atoms with Gasteiger partial charge in [-0.2, -0.15) is 0 Å².